The van der Waals surface area contributed by atoms with Crippen molar-refractivity contribution in [1.82, 2.24) is 15.0 Å². The number of fused-ring (bicyclic) bond motifs is 4. The molecule has 0 amide bonds. The standard InChI is InChI=1S/C33H20BN3O2/c1-4-23(18-35-13-1)21-7-10-27-30(16-21)38-29-12-9-26(25-6-3-15-37-20-25)33-32(29)34(27)28-11-8-22(17-31(28)39-33)24-5-2-14-36-19-24/h1-20H. The second-order valence-electron chi connectivity index (χ2n) is 9.72. The van der Waals surface area contributed by atoms with Gasteiger partial charge in [-0.05, 0) is 64.5 Å². The van der Waals surface area contributed by atoms with E-state index in [1.54, 1.807) is 18.6 Å². The van der Waals surface area contributed by atoms with Crippen molar-refractivity contribution in [2.45, 2.75) is 0 Å². The summed E-state index contributed by atoms with van der Waals surface area (Å²) >= 11 is 0. The Labute approximate surface area is 225 Å². The summed E-state index contributed by atoms with van der Waals surface area (Å²) in [5.41, 5.74) is 9.47. The second-order valence-corrected chi connectivity index (χ2v) is 9.72. The molecule has 8 rings (SSSR count). The largest absolute Gasteiger partial charge is 0.458 e. The van der Waals surface area contributed by atoms with Crippen molar-refractivity contribution in [3.05, 3.63) is 122 Å². The van der Waals surface area contributed by atoms with Crippen molar-refractivity contribution in [2.24, 2.45) is 0 Å². The Balaban J connectivity index is 1.35. The van der Waals surface area contributed by atoms with Crippen LogP contribution in [0.3, 0.4) is 0 Å². The van der Waals surface area contributed by atoms with Gasteiger partial charge in [-0.15, -0.1) is 0 Å². The Kier molecular flexibility index (Phi) is 4.85. The lowest BCUT2D eigenvalue weighted by atomic mass is 9.34. The number of ether oxygens (including phenoxy) is 2. The lowest BCUT2D eigenvalue weighted by Crippen LogP contribution is -2.57. The molecule has 5 heterocycles. The molecule has 182 valence electrons. The van der Waals surface area contributed by atoms with E-state index in [0.29, 0.717) is 0 Å². The highest BCUT2D eigenvalue weighted by Gasteiger charge is 2.41. The number of rotatable bonds is 3. The summed E-state index contributed by atoms with van der Waals surface area (Å²) in [6.07, 6.45) is 11.0. The van der Waals surface area contributed by atoms with Gasteiger partial charge in [0.2, 0.25) is 0 Å². The smallest absolute Gasteiger partial charge is 0.260 e. The molecule has 2 aliphatic rings. The number of nitrogens with zero attached hydrogens (tertiary/aromatic N) is 3. The van der Waals surface area contributed by atoms with Gasteiger partial charge >= 0.3 is 0 Å². The number of hydrogen-bond donors (Lipinski definition) is 0. The van der Waals surface area contributed by atoms with Crippen LogP contribution in [0.25, 0.3) is 33.4 Å². The first-order valence-electron chi connectivity index (χ1n) is 12.9. The van der Waals surface area contributed by atoms with Crippen LogP contribution < -0.4 is 25.9 Å². The van der Waals surface area contributed by atoms with E-state index in [4.69, 9.17) is 9.47 Å². The molecule has 0 N–H and O–H groups in total. The number of pyridine rings is 3. The van der Waals surface area contributed by atoms with Gasteiger partial charge in [-0.3, -0.25) is 15.0 Å². The van der Waals surface area contributed by atoms with Crippen LogP contribution >= 0.6 is 0 Å². The molecule has 6 aromatic rings. The van der Waals surface area contributed by atoms with Crippen LogP contribution in [0.1, 0.15) is 0 Å². The lowest BCUT2D eigenvalue weighted by Gasteiger charge is -2.34. The average molecular weight is 501 g/mol. The number of hydrogen-bond acceptors (Lipinski definition) is 5. The van der Waals surface area contributed by atoms with E-state index in [-0.39, 0.29) is 6.71 Å². The summed E-state index contributed by atoms with van der Waals surface area (Å²) in [6.45, 7) is -0.0370. The van der Waals surface area contributed by atoms with Crippen molar-refractivity contribution >= 4 is 23.1 Å². The van der Waals surface area contributed by atoms with Crippen LogP contribution in [0.5, 0.6) is 23.0 Å². The molecule has 39 heavy (non-hydrogen) atoms. The van der Waals surface area contributed by atoms with Gasteiger partial charge in [0.1, 0.15) is 23.0 Å². The average Bonchev–Trinajstić information content (AvgIpc) is 3.01. The Morgan fingerprint density at radius 3 is 1.62 bits per heavy atom. The molecule has 0 unspecified atom stereocenters. The second kappa shape index (κ2) is 8.67. The fourth-order valence-corrected chi connectivity index (χ4v) is 5.66. The van der Waals surface area contributed by atoms with Crippen molar-refractivity contribution < 1.29 is 9.47 Å². The maximum absolute atomic E-state index is 6.74. The molecule has 0 radical (unpaired) electrons. The lowest BCUT2D eigenvalue weighted by molar-refractivity contribution is 0.466. The third kappa shape index (κ3) is 3.53. The maximum Gasteiger partial charge on any atom is 0.260 e. The highest BCUT2D eigenvalue weighted by atomic mass is 16.5. The van der Waals surface area contributed by atoms with E-state index in [1.165, 1.54) is 0 Å². The maximum atomic E-state index is 6.74. The number of benzene rings is 3. The first kappa shape index (κ1) is 21.8. The fraction of sp³-hybridized carbons (Fsp3) is 0. The van der Waals surface area contributed by atoms with E-state index in [2.05, 4.69) is 75.6 Å². The Morgan fingerprint density at radius 1 is 0.487 bits per heavy atom. The molecule has 5 nitrogen and oxygen atoms in total. The SMILES string of the molecule is c1cncc(-c2ccc3c(c2)Oc2ccc(-c4cccnc4)c4c2B3c2ccc(-c3cccnc3)cc2O4)c1. The molecule has 0 bridgehead atoms. The van der Waals surface area contributed by atoms with E-state index < -0.39 is 0 Å². The van der Waals surface area contributed by atoms with Gasteiger partial charge < -0.3 is 9.47 Å². The molecule has 0 saturated heterocycles. The zero-order valence-corrected chi connectivity index (χ0v) is 20.8. The van der Waals surface area contributed by atoms with Crippen LogP contribution in [-0.4, -0.2) is 21.7 Å². The van der Waals surface area contributed by atoms with Crippen LogP contribution in [0.15, 0.2) is 122 Å². The summed E-state index contributed by atoms with van der Waals surface area (Å²) in [5, 5.41) is 0. The quantitative estimate of drug-likeness (QED) is 0.295. The van der Waals surface area contributed by atoms with E-state index in [0.717, 1.165) is 72.8 Å². The summed E-state index contributed by atoms with van der Waals surface area (Å²) in [4.78, 5) is 13.0. The van der Waals surface area contributed by atoms with Gasteiger partial charge in [-0.1, -0.05) is 42.5 Å². The van der Waals surface area contributed by atoms with Gasteiger partial charge in [0.25, 0.3) is 6.71 Å². The number of aromatic nitrogens is 3. The van der Waals surface area contributed by atoms with Crippen LogP contribution in [0.2, 0.25) is 0 Å². The molecule has 6 heteroatoms. The zero-order valence-electron chi connectivity index (χ0n) is 20.8. The summed E-state index contributed by atoms with van der Waals surface area (Å²) in [5.74, 6) is 3.29. The van der Waals surface area contributed by atoms with Gasteiger partial charge in [0.05, 0.1) is 0 Å². The van der Waals surface area contributed by atoms with Crippen LogP contribution in [0, 0.1) is 0 Å². The van der Waals surface area contributed by atoms with Gasteiger partial charge in [-0.2, -0.15) is 0 Å². The van der Waals surface area contributed by atoms with Crippen LogP contribution in [0.4, 0.5) is 0 Å². The Hall–Kier alpha value is -5.23. The molecule has 2 aliphatic heterocycles. The third-order valence-corrected chi connectivity index (χ3v) is 7.49. The highest BCUT2D eigenvalue weighted by molar-refractivity contribution is 6.98. The van der Waals surface area contributed by atoms with E-state index in [1.807, 2.05) is 42.9 Å². The molecule has 0 spiro atoms. The summed E-state index contributed by atoms with van der Waals surface area (Å²) in [7, 11) is 0. The minimum absolute atomic E-state index is 0.0370. The van der Waals surface area contributed by atoms with Crippen molar-refractivity contribution in [3.8, 4) is 56.4 Å². The van der Waals surface area contributed by atoms with Crippen molar-refractivity contribution in [2.75, 3.05) is 0 Å². The van der Waals surface area contributed by atoms with Crippen molar-refractivity contribution in [1.29, 1.82) is 0 Å². The molecule has 0 aliphatic carbocycles. The Bertz CT molecular complexity index is 1850. The molecule has 0 fully saturated rings. The minimum Gasteiger partial charge on any atom is -0.458 e. The van der Waals surface area contributed by atoms with Crippen LogP contribution in [-0.2, 0) is 0 Å². The third-order valence-electron chi connectivity index (χ3n) is 7.49. The highest BCUT2D eigenvalue weighted by Crippen LogP contribution is 2.41. The first-order valence-corrected chi connectivity index (χ1v) is 12.9. The minimum atomic E-state index is -0.0370. The summed E-state index contributed by atoms with van der Waals surface area (Å²) < 4.78 is 13.3. The molecular weight excluding hydrogens is 481 g/mol. The topological polar surface area (TPSA) is 57.1 Å². The van der Waals surface area contributed by atoms with Gasteiger partial charge in [0.15, 0.2) is 0 Å². The molecular formula is C33H20BN3O2. The molecule has 0 atom stereocenters. The predicted octanol–water partition coefficient (Wildman–Crippen LogP) is 5.60. The first-order chi connectivity index (χ1) is 19.3. The monoisotopic (exact) mass is 501 g/mol. The molecule has 3 aromatic heterocycles. The predicted molar refractivity (Wildman–Crippen MR) is 154 cm³/mol. The molecule has 3 aromatic carbocycles. The normalized spacial score (nSPS) is 12.5. The Morgan fingerprint density at radius 2 is 1.05 bits per heavy atom. The van der Waals surface area contributed by atoms with Gasteiger partial charge in [-0.25, -0.2) is 0 Å². The molecule has 0 saturated carbocycles. The fourth-order valence-electron chi connectivity index (χ4n) is 5.66. The van der Waals surface area contributed by atoms with Gasteiger partial charge in [0, 0.05) is 64.9 Å². The van der Waals surface area contributed by atoms with E-state index >= 15 is 0 Å². The van der Waals surface area contributed by atoms with E-state index in [9.17, 15) is 0 Å². The van der Waals surface area contributed by atoms with Crippen molar-refractivity contribution in [3.63, 3.8) is 0 Å². The summed E-state index contributed by atoms with van der Waals surface area (Å²) in [6, 6.07) is 29.0. The zero-order chi connectivity index (χ0) is 25.8.